The summed E-state index contributed by atoms with van der Waals surface area (Å²) in [6, 6.07) is 17.4. The van der Waals surface area contributed by atoms with E-state index in [2.05, 4.69) is 10.3 Å². The highest BCUT2D eigenvalue weighted by Crippen LogP contribution is 2.34. The molecule has 190 valence electrons. The third kappa shape index (κ3) is 4.73. The average Bonchev–Trinajstić information content (AvgIpc) is 3.38. The number of esters is 1. The minimum absolute atomic E-state index is 0.0120. The van der Waals surface area contributed by atoms with Crippen LogP contribution in [0.3, 0.4) is 0 Å². The van der Waals surface area contributed by atoms with Gasteiger partial charge in [-0.05, 0) is 47.0 Å². The summed E-state index contributed by atoms with van der Waals surface area (Å²) in [6.07, 6.45) is -2.85. The standard InChI is InChI=1S/C27H22F3N3O4/c1-36-25(35)20-10-19(17-2-6-21(7-3-17)26(14-34)15-37-16-26)11-23(12-20)33-13-24(31-32-33)18-4-8-22(9-5-18)27(28,29)30/h2-13,34H,14-16H2,1H3. The Kier molecular flexibility index (Phi) is 6.30. The predicted octanol–water partition coefficient (Wildman–Crippen LogP) is 4.67. The van der Waals surface area contributed by atoms with Gasteiger partial charge in [-0.2, -0.15) is 13.2 Å². The van der Waals surface area contributed by atoms with Gasteiger partial charge in [0.15, 0.2) is 0 Å². The Bertz CT molecular complexity index is 1420. The topological polar surface area (TPSA) is 86.5 Å². The van der Waals surface area contributed by atoms with Gasteiger partial charge in [0.25, 0.3) is 0 Å². The minimum Gasteiger partial charge on any atom is -0.465 e. The Labute approximate surface area is 210 Å². The van der Waals surface area contributed by atoms with Gasteiger partial charge in [-0.25, -0.2) is 9.48 Å². The molecule has 1 aliphatic heterocycles. The van der Waals surface area contributed by atoms with Gasteiger partial charge in [-0.15, -0.1) is 5.10 Å². The molecule has 1 aliphatic rings. The fourth-order valence-corrected chi connectivity index (χ4v) is 4.21. The quantitative estimate of drug-likeness (QED) is 0.381. The van der Waals surface area contributed by atoms with Gasteiger partial charge in [-0.3, -0.25) is 0 Å². The number of ether oxygens (including phenoxy) is 2. The molecule has 1 fully saturated rings. The summed E-state index contributed by atoms with van der Waals surface area (Å²) in [5, 5.41) is 18.0. The number of benzene rings is 3. The van der Waals surface area contributed by atoms with Crippen LogP contribution >= 0.6 is 0 Å². The number of methoxy groups -OCH3 is 1. The first-order chi connectivity index (χ1) is 17.7. The molecule has 4 aromatic rings. The van der Waals surface area contributed by atoms with E-state index in [0.29, 0.717) is 35.7 Å². The molecule has 3 aromatic carbocycles. The van der Waals surface area contributed by atoms with Crippen molar-refractivity contribution in [3.8, 4) is 28.1 Å². The lowest BCUT2D eigenvalue weighted by Gasteiger charge is -2.40. The summed E-state index contributed by atoms with van der Waals surface area (Å²) in [7, 11) is 1.29. The Morgan fingerprint density at radius 1 is 1.03 bits per heavy atom. The number of carbonyl (C=O) groups excluding carboxylic acids is 1. The smallest absolute Gasteiger partial charge is 0.416 e. The van der Waals surface area contributed by atoms with Crippen LogP contribution in [0.15, 0.2) is 72.9 Å². The zero-order valence-electron chi connectivity index (χ0n) is 19.7. The highest BCUT2D eigenvalue weighted by atomic mass is 19.4. The van der Waals surface area contributed by atoms with Crippen molar-refractivity contribution >= 4 is 5.97 Å². The Morgan fingerprint density at radius 3 is 2.27 bits per heavy atom. The molecule has 0 bridgehead atoms. The average molecular weight is 509 g/mol. The second-order valence-electron chi connectivity index (χ2n) is 8.89. The van der Waals surface area contributed by atoms with E-state index in [1.807, 2.05) is 30.3 Å². The summed E-state index contributed by atoms with van der Waals surface area (Å²) in [5.74, 6) is -0.534. The summed E-state index contributed by atoms with van der Waals surface area (Å²) in [4.78, 5) is 12.4. The number of nitrogens with zero attached hydrogens (tertiary/aromatic N) is 3. The number of hydrogen-bond acceptors (Lipinski definition) is 6. The molecule has 10 heteroatoms. The monoisotopic (exact) mass is 509 g/mol. The molecule has 0 aliphatic carbocycles. The van der Waals surface area contributed by atoms with Crippen LogP contribution in [0.4, 0.5) is 13.2 Å². The van der Waals surface area contributed by atoms with Crippen molar-refractivity contribution in [2.75, 3.05) is 26.9 Å². The van der Waals surface area contributed by atoms with Crippen molar-refractivity contribution in [2.45, 2.75) is 11.6 Å². The van der Waals surface area contributed by atoms with Gasteiger partial charge in [0.1, 0.15) is 5.69 Å². The molecule has 7 nitrogen and oxygen atoms in total. The van der Waals surface area contributed by atoms with Crippen LogP contribution in [-0.2, 0) is 21.1 Å². The molecule has 0 radical (unpaired) electrons. The number of alkyl halides is 3. The van der Waals surface area contributed by atoms with Gasteiger partial charge in [-0.1, -0.05) is 41.6 Å². The van der Waals surface area contributed by atoms with E-state index in [1.54, 1.807) is 18.3 Å². The van der Waals surface area contributed by atoms with Gasteiger partial charge in [0, 0.05) is 5.56 Å². The number of rotatable bonds is 6. The number of aliphatic hydroxyl groups excluding tert-OH is 1. The van der Waals surface area contributed by atoms with Crippen molar-refractivity contribution in [1.82, 2.24) is 15.0 Å². The maximum absolute atomic E-state index is 12.9. The largest absolute Gasteiger partial charge is 0.465 e. The van der Waals surface area contributed by atoms with E-state index < -0.39 is 23.1 Å². The van der Waals surface area contributed by atoms with E-state index in [1.165, 1.54) is 23.9 Å². The van der Waals surface area contributed by atoms with Crippen LogP contribution < -0.4 is 0 Å². The number of hydrogen-bond donors (Lipinski definition) is 1. The number of carbonyl (C=O) groups is 1. The van der Waals surface area contributed by atoms with Crippen molar-refractivity contribution in [3.05, 3.63) is 89.6 Å². The van der Waals surface area contributed by atoms with Gasteiger partial charge in [0.2, 0.25) is 0 Å². The first kappa shape index (κ1) is 24.7. The van der Waals surface area contributed by atoms with E-state index in [9.17, 15) is 23.1 Å². The summed E-state index contributed by atoms with van der Waals surface area (Å²) >= 11 is 0. The molecule has 0 saturated carbocycles. The van der Waals surface area contributed by atoms with Crippen LogP contribution in [-0.4, -0.2) is 53.0 Å². The van der Waals surface area contributed by atoms with E-state index >= 15 is 0 Å². The normalized spacial score (nSPS) is 14.7. The zero-order chi connectivity index (χ0) is 26.2. The van der Waals surface area contributed by atoms with Crippen LogP contribution in [0, 0.1) is 0 Å². The van der Waals surface area contributed by atoms with E-state index in [4.69, 9.17) is 9.47 Å². The lowest BCUT2D eigenvalue weighted by molar-refractivity contribution is -0.137. The summed E-state index contributed by atoms with van der Waals surface area (Å²) in [5.41, 5.74) is 3.03. The third-order valence-corrected chi connectivity index (χ3v) is 6.49. The number of halogens is 3. The van der Waals surface area contributed by atoms with Gasteiger partial charge < -0.3 is 14.6 Å². The van der Waals surface area contributed by atoms with Gasteiger partial charge >= 0.3 is 12.1 Å². The molecular weight excluding hydrogens is 487 g/mol. The molecule has 0 unspecified atom stereocenters. The Balaban J connectivity index is 1.49. The number of aliphatic hydroxyl groups is 1. The molecule has 1 saturated heterocycles. The van der Waals surface area contributed by atoms with E-state index in [-0.39, 0.29) is 6.61 Å². The van der Waals surface area contributed by atoms with Crippen molar-refractivity contribution in [2.24, 2.45) is 0 Å². The van der Waals surface area contributed by atoms with Crippen LogP contribution in [0.1, 0.15) is 21.5 Å². The molecule has 0 amide bonds. The maximum Gasteiger partial charge on any atom is 0.416 e. The Hall–Kier alpha value is -4.02. The van der Waals surface area contributed by atoms with Crippen molar-refractivity contribution < 1.29 is 32.5 Å². The SMILES string of the molecule is COC(=O)c1cc(-c2ccc(C3(CO)COC3)cc2)cc(-n2cc(-c3ccc(C(F)(F)F)cc3)nn2)c1. The van der Waals surface area contributed by atoms with Crippen LogP contribution in [0.5, 0.6) is 0 Å². The molecular formula is C27H22F3N3O4. The van der Waals surface area contributed by atoms with Gasteiger partial charge in [0.05, 0.1) is 55.4 Å². The first-order valence-electron chi connectivity index (χ1n) is 11.4. The first-order valence-corrected chi connectivity index (χ1v) is 11.4. The molecule has 2 heterocycles. The highest BCUT2D eigenvalue weighted by molar-refractivity contribution is 5.92. The second kappa shape index (κ2) is 9.45. The fourth-order valence-electron chi connectivity index (χ4n) is 4.21. The van der Waals surface area contributed by atoms with Crippen molar-refractivity contribution in [3.63, 3.8) is 0 Å². The molecule has 1 aromatic heterocycles. The molecule has 5 rings (SSSR count). The highest BCUT2D eigenvalue weighted by Gasteiger charge is 2.39. The fraction of sp³-hybridized carbons (Fsp3) is 0.222. The Morgan fingerprint density at radius 2 is 1.70 bits per heavy atom. The lowest BCUT2D eigenvalue weighted by atomic mass is 9.79. The van der Waals surface area contributed by atoms with E-state index in [0.717, 1.165) is 28.8 Å². The predicted molar refractivity (Wildman–Crippen MR) is 128 cm³/mol. The van der Waals surface area contributed by atoms with Crippen LogP contribution in [0.2, 0.25) is 0 Å². The summed E-state index contributed by atoms with van der Waals surface area (Å²) < 4.78 is 50.3. The molecule has 0 atom stereocenters. The lowest BCUT2D eigenvalue weighted by Crippen LogP contribution is -2.49. The van der Waals surface area contributed by atoms with Crippen molar-refractivity contribution in [1.29, 1.82) is 0 Å². The zero-order valence-corrected chi connectivity index (χ0v) is 19.7. The summed E-state index contributed by atoms with van der Waals surface area (Å²) in [6.45, 7) is 0.901. The maximum atomic E-state index is 12.9. The molecule has 37 heavy (non-hydrogen) atoms. The van der Waals surface area contributed by atoms with Crippen LogP contribution in [0.25, 0.3) is 28.1 Å². The number of aromatic nitrogens is 3. The second-order valence-corrected chi connectivity index (χ2v) is 8.89. The molecule has 0 spiro atoms. The molecule has 1 N–H and O–H groups in total. The minimum atomic E-state index is -4.43. The third-order valence-electron chi connectivity index (χ3n) is 6.49.